The summed E-state index contributed by atoms with van der Waals surface area (Å²) in [7, 11) is -9.44. The minimum atomic E-state index is -4.78. The summed E-state index contributed by atoms with van der Waals surface area (Å²) in [6, 6.07) is 0. The minimum Gasteiger partial charge on any atom is -0.460 e. The van der Waals surface area contributed by atoms with Crippen LogP contribution in [-0.2, 0) is 32.0 Å². The van der Waals surface area contributed by atoms with Crippen molar-refractivity contribution in [3.8, 4) is 0 Å². The van der Waals surface area contributed by atoms with Crippen LogP contribution in [0.25, 0.3) is 0 Å². The van der Waals surface area contributed by atoms with E-state index >= 15 is 0 Å². The van der Waals surface area contributed by atoms with Crippen LogP contribution in [0.4, 0.5) is 0 Å². The van der Waals surface area contributed by atoms with E-state index in [0.29, 0.717) is 0 Å². The first-order valence-corrected chi connectivity index (χ1v) is 8.07. The molecular weight excluding hydrogens is 302 g/mol. The molecule has 0 radical (unpaired) electrons. The molecule has 0 aliphatic carbocycles. The zero-order chi connectivity index (χ0) is 15.1. The summed E-state index contributed by atoms with van der Waals surface area (Å²) >= 11 is 0. The molecule has 0 spiro atoms. The van der Waals surface area contributed by atoms with Gasteiger partial charge in [-0.25, -0.2) is 13.9 Å². The standard InChI is InChI=1S/C8H16O9P2/c1-4-15-18(10,11)17-19(12,13)16-6-5-14-8(9)7(2)3/h2,4-6H2,1,3H3,(H,10,11)(H,12,13). The first-order valence-electron chi connectivity index (χ1n) is 5.08. The molecule has 11 heteroatoms. The van der Waals surface area contributed by atoms with Gasteiger partial charge in [-0.1, -0.05) is 6.58 Å². The summed E-state index contributed by atoms with van der Waals surface area (Å²) in [5.41, 5.74) is 0.152. The van der Waals surface area contributed by atoms with Gasteiger partial charge in [-0.2, -0.15) is 4.31 Å². The van der Waals surface area contributed by atoms with Crippen molar-refractivity contribution in [3.05, 3.63) is 12.2 Å². The second kappa shape index (κ2) is 7.91. The lowest BCUT2D eigenvalue weighted by Crippen LogP contribution is -2.10. The van der Waals surface area contributed by atoms with Crippen LogP contribution in [0.2, 0.25) is 0 Å². The highest BCUT2D eigenvalue weighted by Gasteiger charge is 2.34. The van der Waals surface area contributed by atoms with Gasteiger partial charge in [0.2, 0.25) is 0 Å². The fourth-order valence-corrected chi connectivity index (χ4v) is 2.80. The molecule has 0 rings (SSSR count). The van der Waals surface area contributed by atoms with Crippen LogP contribution < -0.4 is 0 Å². The maximum atomic E-state index is 11.2. The fraction of sp³-hybridized carbons (Fsp3) is 0.625. The highest BCUT2D eigenvalue weighted by atomic mass is 31.3. The molecule has 0 aromatic carbocycles. The van der Waals surface area contributed by atoms with E-state index in [1.54, 1.807) is 0 Å². The Hall–Kier alpha value is -0.530. The number of hydrogen-bond donors (Lipinski definition) is 2. The van der Waals surface area contributed by atoms with Crippen LogP contribution in [-0.4, -0.2) is 35.6 Å². The van der Waals surface area contributed by atoms with Gasteiger partial charge >= 0.3 is 21.6 Å². The summed E-state index contributed by atoms with van der Waals surface area (Å²) in [6.45, 7) is 5.11. The van der Waals surface area contributed by atoms with Crippen LogP contribution in [0.1, 0.15) is 13.8 Å². The summed E-state index contributed by atoms with van der Waals surface area (Å²) in [6.07, 6.45) is 0. The maximum absolute atomic E-state index is 11.2. The predicted octanol–water partition coefficient (Wildman–Crippen LogP) is 1.38. The van der Waals surface area contributed by atoms with Crippen LogP contribution in [0.3, 0.4) is 0 Å². The molecule has 2 N–H and O–H groups in total. The van der Waals surface area contributed by atoms with E-state index < -0.39 is 28.2 Å². The summed E-state index contributed by atoms with van der Waals surface area (Å²) in [5.74, 6) is -0.695. The maximum Gasteiger partial charge on any atom is 0.481 e. The quantitative estimate of drug-likeness (QED) is 0.280. The third-order valence-corrected chi connectivity index (χ3v) is 4.16. The average Bonchev–Trinajstić information content (AvgIpc) is 2.21. The first-order chi connectivity index (χ1) is 8.59. The molecule has 112 valence electrons. The van der Waals surface area contributed by atoms with Gasteiger partial charge in [-0.05, 0) is 13.8 Å². The Morgan fingerprint density at radius 3 is 2.16 bits per heavy atom. The minimum absolute atomic E-state index is 0.152. The molecule has 2 unspecified atom stereocenters. The highest BCUT2D eigenvalue weighted by Crippen LogP contribution is 2.60. The smallest absolute Gasteiger partial charge is 0.460 e. The van der Waals surface area contributed by atoms with E-state index in [0.717, 1.165) is 0 Å². The molecular formula is C8H16O9P2. The first kappa shape index (κ1) is 18.5. The Kier molecular flexibility index (Phi) is 7.69. The Morgan fingerprint density at radius 2 is 1.68 bits per heavy atom. The zero-order valence-electron chi connectivity index (χ0n) is 10.5. The van der Waals surface area contributed by atoms with E-state index in [4.69, 9.17) is 9.79 Å². The second-order valence-electron chi connectivity index (χ2n) is 3.19. The number of esters is 1. The van der Waals surface area contributed by atoms with Crippen molar-refractivity contribution in [2.75, 3.05) is 19.8 Å². The molecule has 0 aliphatic rings. The van der Waals surface area contributed by atoms with Gasteiger partial charge in [-0.15, -0.1) is 0 Å². The van der Waals surface area contributed by atoms with Crippen molar-refractivity contribution in [3.63, 3.8) is 0 Å². The lowest BCUT2D eigenvalue weighted by molar-refractivity contribution is -0.139. The van der Waals surface area contributed by atoms with Crippen molar-refractivity contribution in [2.45, 2.75) is 13.8 Å². The third kappa shape index (κ3) is 9.07. The number of carbonyl (C=O) groups is 1. The van der Waals surface area contributed by atoms with Crippen molar-refractivity contribution in [1.82, 2.24) is 0 Å². The van der Waals surface area contributed by atoms with Crippen molar-refractivity contribution < 1.29 is 41.8 Å². The summed E-state index contributed by atoms with van der Waals surface area (Å²) < 4.78 is 39.3. The van der Waals surface area contributed by atoms with Crippen LogP contribution in [0.5, 0.6) is 0 Å². The average molecular weight is 318 g/mol. The fourth-order valence-electron chi connectivity index (χ4n) is 0.751. The van der Waals surface area contributed by atoms with Crippen molar-refractivity contribution in [2.24, 2.45) is 0 Å². The van der Waals surface area contributed by atoms with E-state index in [2.05, 4.69) is 24.7 Å². The topological polar surface area (TPSA) is 129 Å². The molecule has 0 bridgehead atoms. The van der Waals surface area contributed by atoms with Crippen LogP contribution >= 0.6 is 15.6 Å². The number of phosphoric acid groups is 2. The van der Waals surface area contributed by atoms with E-state index in [-0.39, 0.29) is 18.8 Å². The van der Waals surface area contributed by atoms with Gasteiger partial charge in [0.05, 0.1) is 13.2 Å². The van der Waals surface area contributed by atoms with E-state index in [9.17, 15) is 13.9 Å². The zero-order valence-corrected chi connectivity index (χ0v) is 12.3. The molecule has 0 heterocycles. The Bertz CT molecular complexity index is 418. The third-order valence-electron chi connectivity index (χ3n) is 1.42. The molecule has 19 heavy (non-hydrogen) atoms. The van der Waals surface area contributed by atoms with Crippen molar-refractivity contribution >= 4 is 21.6 Å². The lowest BCUT2D eigenvalue weighted by Gasteiger charge is -2.15. The monoisotopic (exact) mass is 318 g/mol. The Labute approximate surface area is 110 Å². The summed E-state index contributed by atoms with van der Waals surface area (Å²) in [5, 5.41) is 0. The number of rotatable bonds is 9. The van der Waals surface area contributed by atoms with Gasteiger partial charge in [0, 0.05) is 5.57 Å². The predicted molar refractivity (Wildman–Crippen MR) is 64.1 cm³/mol. The van der Waals surface area contributed by atoms with Gasteiger partial charge < -0.3 is 14.5 Å². The molecule has 2 atom stereocenters. The largest absolute Gasteiger partial charge is 0.481 e. The molecule has 0 aromatic heterocycles. The van der Waals surface area contributed by atoms with Crippen LogP contribution in [0, 0.1) is 0 Å². The molecule has 0 fully saturated rings. The summed E-state index contributed by atoms with van der Waals surface area (Å²) in [4.78, 5) is 29.0. The number of hydrogen-bond acceptors (Lipinski definition) is 7. The van der Waals surface area contributed by atoms with Gasteiger partial charge in [0.15, 0.2) is 0 Å². The van der Waals surface area contributed by atoms with Gasteiger partial charge in [-0.3, -0.25) is 9.05 Å². The SMILES string of the molecule is C=C(C)C(=O)OCCOP(=O)(O)OP(=O)(O)OCC. The highest BCUT2D eigenvalue weighted by molar-refractivity contribution is 7.61. The van der Waals surface area contributed by atoms with Gasteiger partial charge in [0.1, 0.15) is 6.61 Å². The second-order valence-corrected chi connectivity index (χ2v) is 6.23. The van der Waals surface area contributed by atoms with Crippen LogP contribution in [0.15, 0.2) is 12.2 Å². The number of carbonyl (C=O) groups excluding carboxylic acids is 1. The van der Waals surface area contributed by atoms with Crippen molar-refractivity contribution in [1.29, 1.82) is 0 Å². The Morgan fingerprint density at radius 1 is 1.16 bits per heavy atom. The lowest BCUT2D eigenvalue weighted by atomic mass is 10.4. The number of phosphoric ester groups is 2. The Balaban J connectivity index is 4.11. The molecule has 0 amide bonds. The van der Waals surface area contributed by atoms with E-state index in [1.165, 1.54) is 13.8 Å². The van der Waals surface area contributed by atoms with E-state index in [1.807, 2.05) is 0 Å². The molecule has 0 saturated heterocycles. The van der Waals surface area contributed by atoms with Gasteiger partial charge in [0.25, 0.3) is 0 Å². The molecule has 9 nitrogen and oxygen atoms in total. The molecule has 0 aromatic rings. The molecule has 0 aliphatic heterocycles. The molecule has 0 saturated carbocycles. The number of ether oxygens (including phenoxy) is 1. The normalized spacial score (nSPS) is 17.3.